The topological polar surface area (TPSA) is 82.3 Å². The summed E-state index contributed by atoms with van der Waals surface area (Å²) in [6, 6.07) is 11.2. The number of carbonyl (C=O) groups excluding carboxylic acids is 1. The van der Waals surface area contributed by atoms with Crippen LogP contribution in [0.5, 0.6) is 0 Å². The van der Waals surface area contributed by atoms with Crippen LogP contribution in [0, 0.1) is 10.1 Å². The van der Waals surface area contributed by atoms with E-state index < -0.39 is 10.9 Å². The Balaban J connectivity index is 0.00000264. The maximum absolute atomic E-state index is 11.6. The molecule has 1 heterocycles. The van der Waals surface area contributed by atoms with Crippen molar-refractivity contribution < 1.29 is 14.5 Å². The molecule has 120 valence electrons. The molecule has 0 saturated carbocycles. The first-order chi connectivity index (χ1) is 10.6. The van der Waals surface area contributed by atoms with Gasteiger partial charge in [-0.3, -0.25) is 10.1 Å². The second kappa shape index (κ2) is 8.65. The van der Waals surface area contributed by atoms with Crippen molar-refractivity contribution in [2.45, 2.75) is 6.92 Å². The van der Waals surface area contributed by atoms with Crippen molar-refractivity contribution in [3.05, 3.63) is 69.5 Å². The summed E-state index contributed by atoms with van der Waals surface area (Å²) in [4.78, 5) is 25.9. The maximum Gasteiger partial charge on any atom is 0.356 e. The average Bonchev–Trinajstić information content (AvgIpc) is 2.54. The number of benzene rings is 1. The van der Waals surface area contributed by atoms with Crippen LogP contribution in [0.15, 0.2) is 42.5 Å². The van der Waals surface area contributed by atoms with E-state index in [0.29, 0.717) is 12.3 Å². The molecule has 0 bridgehead atoms. The second-order valence-electron chi connectivity index (χ2n) is 4.35. The first-order valence-electron chi connectivity index (χ1n) is 6.67. The number of hydrogen-bond acceptors (Lipinski definition) is 5. The summed E-state index contributed by atoms with van der Waals surface area (Å²) in [6.45, 7) is 2.03. The predicted molar refractivity (Wildman–Crippen MR) is 89.5 cm³/mol. The Labute approximate surface area is 139 Å². The number of esters is 1. The Bertz CT molecular complexity index is 714. The summed E-state index contributed by atoms with van der Waals surface area (Å²) in [7, 11) is 0. The van der Waals surface area contributed by atoms with Gasteiger partial charge in [-0.1, -0.05) is 12.1 Å². The van der Waals surface area contributed by atoms with Crippen molar-refractivity contribution in [2.24, 2.45) is 0 Å². The van der Waals surface area contributed by atoms with Crippen LogP contribution in [0.4, 0.5) is 5.69 Å². The number of rotatable bonds is 5. The Kier molecular flexibility index (Phi) is 6.89. The number of nitrogens with zero attached hydrogens (tertiary/aromatic N) is 2. The largest absolute Gasteiger partial charge is 0.461 e. The summed E-state index contributed by atoms with van der Waals surface area (Å²) < 4.78 is 4.89. The number of carbonyl (C=O) groups is 1. The molecule has 0 N–H and O–H groups in total. The van der Waals surface area contributed by atoms with Crippen LogP contribution in [-0.2, 0) is 4.74 Å². The fourth-order valence-corrected chi connectivity index (χ4v) is 1.75. The third-order valence-electron chi connectivity index (χ3n) is 2.81. The number of nitro groups is 1. The van der Waals surface area contributed by atoms with Gasteiger partial charge in [0.05, 0.1) is 17.2 Å². The minimum absolute atomic E-state index is 0. The Morgan fingerprint density at radius 2 is 1.91 bits per heavy atom. The lowest BCUT2D eigenvalue weighted by molar-refractivity contribution is -0.384. The van der Waals surface area contributed by atoms with Crippen molar-refractivity contribution in [1.29, 1.82) is 0 Å². The molecule has 2 aromatic rings. The lowest BCUT2D eigenvalue weighted by Gasteiger charge is -2.01. The van der Waals surface area contributed by atoms with Crippen LogP contribution in [-0.4, -0.2) is 22.5 Å². The third kappa shape index (κ3) is 5.19. The molecular formula is C16H15ClN2O4. The van der Waals surface area contributed by atoms with Gasteiger partial charge in [-0.2, -0.15) is 0 Å². The highest BCUT2D eigenvalue weighted by Crippen LogP contribution is 2.14. The van der Waals surface area contributed by atoms with Gasteiger partial charge in [0.25, 0.3) is 5.69 Å². The molecule has 0 fully saturated rings. The first kappa shape index (κ1) is 18.3. The Morgan fingerprint density at radius 3 is 2.52 bits per heavy atom. The molecule has 0 unspecified atom stereocenters. The number of halogens is 1. The number of ether oxygens (including phenoxy) is 1. The Morgan fingerprint density at radius 1 is 1.22 bits per heavy atom. The number of aromatic nitrogens is 1. The van der Waals surface area contributed by atoms with Gasteiger partial charge in [0.15, 0.2) is 0 Å². The van der Waals surface area contributed by atoms with Crippen LogP contribution in [0.25, 0.3) is 12.2 Å². The first-order valence-corrected chi connectivity index (χ1v) is 6.67. The highest BCUT2D eigenvalue weighted by molar-refractivity contribution is 5.87. The van der Waals surface area contributed by atoms with E-state index in [9.17, 15) is 14.9 Å². The van der Waals surface area contributed by atoms with Gasteiger partial charge in [-0.25, -0.2) is 9.78 Å². The molecule has 0 saturated heterocycles. The molecule has 0 aliphatic rings. The van der Waals surface area contributed by atoms with E-state index in [1.165, 1.54) is 12.1 Å². The highest BCUT2D eigenvalue weighted by atomic mass is 35.5. The average molecular weight is 335 g/mol. The van der Waals surface area contributed by atoms with Crippen LogP contribution >= 0.6 is 12.4 Å². The van der Waals surface area contributed by atoms with E-state index in [4.69, 9.17) is 4.74 Å². The van der Waals surface area contributed by atoms with E-state index in [1.807, 2.05) is 0 Å². The van der Waals surface area contributed by atoms with Crippen molar-refractivity contribution in [2.75, 3.05) is 6.61 Å². The summed E-state index contributed by atoms with van der Waals surface area (Å²) in [5.41, 5.74) is 1.69. The third-order valence-corrected chi connectivity index (χ3v) is 2.81. The molecule has 0 atom stereocenters. The molecule has 0 aliphatic heterocycles. The van der Waals surface area contributed by atoms with Crippen LogP contribution in [0.1, 0.15) is 28.7 Å². The fourth-order valence-electron chi connectivity index (χ4n) is 1.75. The predicted octanol–water partition coefficient (Wildman–Crippen LogP) is 3.76. The van der Waals surface area contributed by atoms with Gasteiger partial charge >= 0.3 is 5.97 Å². The monoisotopic (exact) mass is 334 g/mol. The summed E-state index contributed by atoms with van der Waals surface area (Å²) in [5, 5.41) is 10.6. The Hall–Kier alpha value is -2.73. The molecule has 1 aromatic carbocycles. The van der Waals surface area contributed by atoms with Gasteiger partial charge in [0.2, 0.25) is 0 Å². The zero-order valence-corrected chi connectivity index (χ0v) is 13.2. The molecule has 2 rings (SSSR count). The zero-order valence-electron chi connectivity index (χ0n) is 12.3. The smallest absolute Gasteiger partial charge is 0.356 e. The van der Waals surface area contributed by atoms with Gasteiger partial charge in [-0.15, -0.1) is 12.4 Å². The molecule has 1 aromatic heterocycles. The van der Waals surface area contributed by atoms with Gasteiger partial charge < -0.3 is 4.74 Å². The van der Waals surface area contributed by atoms with Crippen molar-refractivity contribution in [1.82, 2.24) is 4.98 Å². The number of nitro benzene ring substituents is 1. The van der Waals surface area contributed by atoms with Crippen LogP contribution in [0.2, 0.25) is 0 Å². The molecule has 23 heavy (non-hydrogen) atoms. The van der Waals surface area contributed by atoms with Crippen molar-refractivity contribution in [3.8, 4) is 0 Å². The van der Waals surface area contributed by atoms with E-state index in [-0.39, 0.29) is 23.8 Å². The zero-order chi connectivity index (χ0) is 15.9. The van der Waals surface area contributed by atoms with Gasteiger partial charge in [0.1, 0.15) is 5.69 Å². The molecular weight excluding hydrogens is 320 g/mol. The molecule has 7 heteroatoms. The van der Waals surface area contributed by atoms with Crippen LogP contribution in [0.3, 0.4) is 0 Å². The van der Waals surface area contributed by atoms with Crippen molar-refractivity contribution >= 4 is 36.2 Å². The summed E-state index contributed by atoms with van der Waals surface area (Å²) >= 11 is 0. The molecule has 0 amide bonds. The fraction of sp³-hybridized carbons (Fsp3) is 0.125. The van der Waals surface area contributed by atoms with E-state index in [1.54, 1.807) is 49.4 Å². The normalized spacial score (nSPS) is 10.1. The van der Waals surface area contributed by atoms with Crippen LogP contribution < -0.4 is 0 Å². The van der Waals surface area contributed by atoms with Crippen molar-refractivity contribution in [3.63, 3.8) is 0 Å². The molecule has 6 nitrogen and oxygen atoms in total. The SMILES string of the molecule is CCOC(=O)c1cccc(/C=C/c2ccc([N+](=O)[O-])cc2)n1.Cl. The number of pyridine rings is 1. The van der Waals surface area contributed by atoms with E-state index in [2.05, 4.69) is 4.98 Å². The van der Waals surface area contributed by atoms with Gasteiger partial charge in [0, 0.05) is 12.1 Å². The lowest BCUT2D eigenvalue weighted by atomic mass is 10.2. The molecule has 0 spiro atoms. The lowest BCUT2D eigenvalue weighted by Crippen LogP contribution is -2.07. The van der Waals surface area contributed by atoms with Gasteiger partial charge in [-0.05, 0) is 42.8 Å². The summed E-state index contributed by atoms with van der Waals surface area (Å²) in [6.07, 6.45) is 3.49. The van der Waals surface area contributed by atoms with E-state index >= 15 is 0 Å². The number of non-ortho nitro benzene ring substituents is 1. The van der Waals surface area contributed by atoms with E-state index in [0.717, 1.165) is 5.56 Å². The minimum atomic E-state index is -0.465. The molecule has 0 radical (unpaired) electrons. The quantitative estimate of drug-likeness (QED) is 0.472. The summed E-state index contributed by atoms with van der Waals surface area (Å²) in [5.74, 6) is -0.465. The number of hydrogen-bond donors (Lipinski definition) is 0. The highest BCUT2D eigenvalue weighted by Gasteiger charge is 2.07. The standard InChI is InChI=1S/C16H14N2O4.ClH/c1-2-22-16(19)15-5-3-4-13(17-15)9-6-12-7-10-14(11-8-12)18(20)21;/h3-11H,2H2,1H3;1H/b9-6+;. The molecule has 0 aliphatic carbocycles. The second-order valence-corrected chi connectivity index (χ2v) is 4.35. The minimum Gasteiger partial charge on any atom is -0.461 e. The maximum atomic E-state index is 11.6.